The van der Waals surface area contributed by atoms with Gasteiger partial charge in [0.25, 0.3) is 0 Å². The topological polar surface area (TPSA) is 75.4 Å². The molecule has 0 bridgehead atoms. The molecule has 0 saturated carbocycles. The molecule has 0 aromatic heterocycles. The second-order valence-electron chi connectivity index (χ2n) is 4.74. The highest BCUT2D eigenvalue weighted by atomic mass is 32.2. The highest BCUT2D eigenvalue weighted by Crippen LogP contribution is 2.11. The third kappa shape index (κ3) is 4.93. The normalized spacial score (nSPS) is 16.8. The number of thiocarbonyl (C=S) groups is 1. The highest BCUT2D eigenvalue weighted by molar-refractivity contribution is 7.99. The second kappa shape index (κ2) is 7.55. The SMILES string of the molecule is NC(=S)c1ccc(S(=O)(=O)NCCN2CCSCC2)cc1. The lowest BCUT2D eigenvalue weighted by Gasteiger charge is -2.25. The molecule has 116 valence electrons. The van der Waals surface area contributed by atoms with Crippen LogP contribution in [0.25, 0.3) is 0 Å². The van der Waals surface area contributed by atoms with Crippen LogP contribution in [0.2, 0.25) is 0 Å². The van der Waals surface area contributed by atoms with Crippen LogP contribution < -0.4 is 10.5 Å². The minimum atomic E-state index is -3.47. The Bertz CT molecular complexity index is 581. The zero-order valence-corrected chi connectivity index (χ0v) is 14.1. The first-order valence-electron chi connectivity index (χ1n) is 6.69. The van der Waals surface area contributed by atoms with Crippen LogP contribution in [0.15, 0.2) is 29.2 Å². The van der Waals surface area contributed by atoms with Gasteiger partial charge in [0.2, 0.25) is 10.0 Å². The van der Waals surface area contributed by atoms with Crippen molar-refractivity contribution in [1.82, 2.24) is 9.62 Å². The number of nitrogens with one attached hydrogen (secondary N) is 1. The molecule has 21 heavy (non-hydrogen) atoms. The Labute approximate surface area is 135 Å². The highest BCUT2D eigenvalue weighted by Gasteiger charge is 2.15. The summed E-state index contributed by atoms with van der Waals surface area (Å²) in [6.45, 7) is 3.21. The maximum absolute atomic E-state index is 12.2. The van der Waals surface area contributed by atoms with Crippen molar-refractivity contribution >= 4 is 39.0 Å². The van der Waals surface area contributed by atoms with E-state index >= 15 is 0 Å². The molecule has 2 rings (SSSR count). The lowest BCUT2D eigenvalue weighted by Crippen LogP contribution is -2.39. The molecule has 8 heteroatoms. The maximum atomic E-state index is 12.2. The monoisotopic (exact) mass is 345 g/mol. The number of rotatable bonds is 6. The lowest BCUT2D eigenvalue weighted by atomic mass is 10.2. The fourth-order valence-corrected chi connectivity index (χ4v) is 4.18. The van der Waals surface area contributed by atoms with Crippen LogP contribution in [0.3, 0.4) is 0 Å². The van der Waals surface area contributed by atoms with Gasteiger partial charge in [-0.2, -0.15) is 11.8 Å². The van der Waals surface area contributed by atoms with Gasteiger partial charge in [0.05, 0.1) is 4.90 Å². The molecule has 0 unspecified atom stereocenters. The smallest absolute Gasteiger partial charge is 0.240 e. The van der Waals surface area contributed by atoms with Crippen molar-refractivity contribution in [3.05, 3.63) is 29.8 Å². The Morgan fingerprint density at radius 2 is 1.90 bits per heavy atom. The molecule has 0 radical (unpaired) electrons. The van der Waals surface area contributed by atoms with E-state index in [0.29, 0.717) is 12.1 Å². The molecule has 1 heterocycles. The maximum Gasteiger partial charge on any atom is 0.240 e. The summed E-state index contributed by atoms with van der Waals surface area (Å²) in [5, 5.41) is 0. The molecular weight excluding hydrogens is 326 g/mol. The minimum Gasteiger partial charge on any atom is -0.389 e. The van der Waals surface area contributed by atoms with E-state index in [4.69, 9.17) is 18.0 Å². The van der Waals surface area contributed by atoms with Crippen LogP contribution in [-0.2, 0) is 10.0 Å². The van der Waals surface area contributed by atoms with Gasteiger partial charge in [-0.1, -0.05) is 24.4 Å². The first-order chi connectivity index (χ1) is 9.99. The molecule has 5 nitrogen and oxygen atoms in total. The van der Waals surface area contributed by atoms with Gasteiger partial charge in [0.1, 0.15) is 4.99 Å². The predicted octanol–water partition coefficient (Wildman–Crippen LogP) is 0.648. The van der Waals surface area contributed by atoms with Crippen LogP contribution >= 0.6 is 24.0 Å². The molecular formula is C13H19N3O2S3. The van der Waals surface area contributed by atoms with E-state index in [1.807, 2.05) is 11.8 Å². The molecule has 1 aromatic carbocycles. The van der Waals surface area contributed by atoms with E-state index in [2.05, 4.69) is 9.62 Å². The van der Waals surface area contributed by atoms with E-state index in [0.717, 1.165) is 31.1 Å². The predicted molar refractivity (Wildman–Crippen MR) is 91.3 cm³/mol. The van der Waals surface area contributed by atoms with Gasteiger partial charge in [0, 0.05) is 43.2 Å². The quantitative estimate of drug-likeness (QED) is 0.737. The summed E-state index contributed by atoms with van der Waals surface area (Å²) in [5.74, 6) is 2.24. The zero-order valence-electron chi connectivity index (χ0n) is 11.6. The van der Waals surface area contributed by atoms with E-state index in [9.17, 15) is 8.42 Å². The number of benzene rings is 1. The summed E-state index contributed by atoms with van der Waals surface area (Å²) in [4.78, 5) is 2.76. The Morgan fingerprint density at radius 3 is 2.48 bits per heavy atom. The summed E-state index contributed by atoms with van der Waals surface area (Å²) in [7, 11) is -3.47. The van der Waals surface area contributed by atoms with Crippen LogP contribution in [0.1, 0.15) is 5.56 Å². The van der Waals surface area contributed by atoms with Crippen molar-refractivity contribution in [2.45, 2.75) is 4.90 Å². The Kier molecular flexibility index (Phi) is 6.00. The van der Waals surface area contributed by atoms with Gasteiger partial charge in [-0.15, -0.1) is 0 Å². The van der Waals surface area contributed by atoms with Crippen LogP contribution in [0.5, 0.6) is 0 Å². The Morgan fingerprint density at radius 1 is 1.29 bits per heavy atom. The van der Waals surface area contributed by atoms with E-state index in [-0.39, 0.29) is 9.88 Å². The molecule has 1 aliphatic rings. The van der Waals surface area contributed by atoms with E-state index < -0.39 is 10.0 Å². The summed E-state index contributed by atoms with van der Waals surface area (Å²) in [6.07, 6.45) is 0. The summed E-state index contributed by atoms with van der Waals surface area (Å²) in [6, 6.07) is 6.29. The van der Waals surface area contributed by atoms with Gasteiger partial charge < -0.3 is 10.6 Å². The second-order valence-corrected chi connectivity index (χ2v) is 8.17. The Balaban J connectivity index is 1.90. The van der Waals surface area contributed by atoms with Crippen LogP contribution in [0.4, 0.5) is 0 Å². The molecule has 0 amide bonds. The number of nitrogens with zero attached hydrogens (tertiary/aromatic N) is 1. The number of sulfonamides is 1. The first kappa shape index (κ1) is 16.7. The lowest BCUT2D eigenvalue weighted by molar-refractivity contribution is 0.307. The molecule has 0 aliphatic carbocycles. The van der Waals surface area contributed by atoms with Gasteiger partial charge in [-0.05, 0) is 12.1 Å². The van der Waals surface area contributed by atoms with Crippen molar-refractivity contribution in [3.8, 4) is 0 Å². The van der Waals surface area contributed by atoms with E-state index in [1.54, 1.807) is 12.1 Å². The third-order valence-corrected chi connectivity index (χ3v) is 5.93. The average molecular weight is 346 g/mol. The standard InChI is InChI=1S/C13H19N3O2S3/c14-13(19)11-1-3-12(4-2-11)21(17,18)15-5-6-16-7-9-20-10-8-16/h1-4,15H,5-10H2,(H2,14,19). The molecule has 1 fully saturated rings. The molecule has 1 aromatic rings. The molecule has 1 aliphatic heterocycles. The van der Waals surface area contributed by atoms with Gasteiger partial charge >= 0.3 is 0 Å². The van der Waals surface area contributed by atoms with Crippen LogP contribution in [-0.4, -0.2) is 56.0 Å². The third-order valence-electron chi connectivity index (χ3n) is 3.27. The van der Waals surface area contributed by atoms with Gasteiger partial charge in [-0.3, -0.25) is 0 Å². The largest absolute Gasteiger partial charge is 0.389 e. The number of nitrogens with two attached hydrogens (primary N) is 1. The van der Waals surface area contributed by atoms with Crippen molar-refractivity contribution in [2.75, 3.05) is 37.7 Å². The molecule has 1 saturated heterocycles. The van der Waals surface area contributed by atoms with Crippen molar-refractivity contribution in [1.29, 1.82) is 0 Å². The van der Waals surface area contributed by atoms with Gasteiger partial charge in [0.15, 0.2) is 0 Å². The number of hydrogen-bond donors (Lipinski definition) is 2. The number of hydrogen-bond acceptors (Lipinski definition) is 5. The molecule has 0 atom stereocenters. The van der Waals surface area contributed by atoms with Gasteiger partial charge in [-0.25, -0.2) is 13.1 Å². The number of thioether (sulfide) groups is 1. The summed E-state index contributed by atoms with van der Waals surface area (Å²) < 4.78 is 26.9. The fraction of sp³-hybridized carbons (Fsp3) is 0.462. The van der Waals surface area contributed by atoms with Crippen molar-refractivity contribution in [3.63, 3.8) is 0 Å². The zero-order chi connectivity index (χ0) is 15.3. The molecule has 3 N–H and O–H groups in total. The van der Waals surface area contributed by atoms with E-state index in [1.165, 1.54) is 12.1 Å². The van der Waals surface area contributed by atoms with Crippen molar-refractivity contribution < 1.29 is 8.42 Å². The molecule has 0 spiro atoms. The van der Waals surface area contributed by atoms with Crippen LogP contribution in [0, 0.1) is 0 Å². The summed E-state index contributed by atoms with van der Waals surface area (Å²) >= 11 is 6.78. The van der Waals surface area contributed by atoms with Crippen molar-refractivity contribution in [2.24, 2.45) is 5.73 Å². The minimum absolute atomic E-state index is 0.233. The Hall–Kier alpha value is -0.670. The average Bonchev–Trinajstić information content (AvgIpc) is 2.48. The summed E-state index contributed by atoms with van der Waals surface area (Å²) in [5.41, 5.74) is 6.16. The fourth-order valence-electron chi connectivity index (χ4n) is 2.04. The first-order valence-corrected chi connectivity index (χ1v) is 9.73.